The fourth-order valence-corrected chi connectivity index (χ4v) is 3.87. The van der Waals surface area contributed by atoms with Crippen LogP contribution >= 0.6 is 0 Å². The molecule has 1 saturated heterocycles. The van der Waals surface area contributed by atoms with Gasteiger partial charge in [0.05, 0.1) is 0 Å². The Morgan fingerprint density at radius 2 is 2.04 bits per heavy atom. The van der Waals surface area contributed by atoms with E-state index in [1.165, 1.54) is 23.5 Å². The molecule has 5 heteroatoms. The second-order valence-electron chi connectivity index (χ2n) is 7.77. The highest BCUT2D eigenvalue weighted by Gasteiger charge is 2.25. The second-order valence-corrected chi connectivity index (χ2v) is 7.77. The van der Waals surface area contributed by atoms with Gasteiger partial charge in [-0.25, -0.2) is 9.78 Å². The molecule has 1 aromatic carbocycles. The van der Waals surface area contributed by atoms with Crippen LogP contribution in [-0.2, 0) is 19.5 Å². The van der Waals surface area contributed by atoms with Gasteiger partial charge in [-0.1, -0.05) is 36.8 Å². The number of carbonyl (C=O) groups is 1. The van der Waals surface area contributed by atoms with E-state index in [2.05, 4.69) is 59.9 Å². The van der Waals surface area contributed by atoms with Crippen LogP contribution < -0.4 is 5.32 Å². The predicted octanol–water partition coefficient (Wildman–Crippen LogP) is 4.07. The number of piperidine rings is 1. The Morgan fingerprint density at radius 3 is 2.78 bits per heavy atom. The molecule has 0 radical (unpaired) electrons. The van der Waals surface area contributed by atoms with Gasteiger partial charge in [0.25, 0.3) is 0 Å². The quantitative estimate of drug-likeness (QED) is 0.835. The van der Waals surface area contributed by atoms with Gasteiger partial charge in [-0.05, 0) is 44.6 Å². The number of carbonyl (C=O) groups excluding carboxylic acids is 1. The van der Waals surface area contributed by atoms with Crippen LogP contribution in [0.5, 0.6) is 0 Å². The van der Waals surface area contributed by atoms with Crippen LogP contribution in [0.2, 0.25) is 0 Å². The molecular formula is C22H32N4O. The van der Waals surface area contributed by atoms with E-state index in [0.29, 0.717) is 12.5 Å². The maximum atomic E-state index is 12.6. The number of likely N-dealkylation sites (tertiary alicyclic amines) is 1. The van der Waals surface area contributed by atoms with Gasteiger partial charge in [-0.3, -0.25) is 0 Å². The first kappa shape index (κ1) is 19.5. The zero-order valence-corrected chi connectivity index (χ0v) is 16.9. The largest absolute Gasteiger partial charge is 0.334 e. The molecule has 1 aliphatic heterocycles. The Bertz CT molecular complexity index is 750. The molecule has 2 amide bonds. The monoisotopic (exact) mass is 368 g/mol. The molecule has 1 aromatic heterocycles. The Hall–Kier alpha value is -2.30. The lowest BCUT2D eigenvalue weighted by molar-refractivity contribution is 0.164. The number of imidazole rings is 1. The van der Waals surface area contributed by atoms with Crippen LogP contribution in [0.4, 0.5) is 4.79 Å². The first-order valence-corrected chi connectivity index (χ1v) is 10.2. The number of nitrogens with one attached hydrogen (secondary N) is 1. The summed E-state index contributed by atoms with van der Waals surface area (Å²) in [6.07, 6.45) is 6.27. The minimum absolute atomic E-state index is 0.0494. The van der Waals surface area contributed by atoms with Crippen LogP contribution in [-0.4, -0.2) is 33.6 Å². The Kier molecular flexibility index (Phi) is 6.54. The van der Waals surface area contributed by atoms with Gasteiger partial charge < -0.3 is 14.8 Å². The molecule has 1 atom stereocenters. The maximum Gasteiger partial charge on any atom is 0.317 e. The van der Waals surface area contributed by atoms with Crippen molar-refractivity contribution in [3.63, 3.8) is 0 Å². The third-order valence-corrected chi connectivity index (χ3v) is 5.43. The molecule has 146 valence electrons. The fraction of sp³-hybridized carbons (Fsp3) is 0.545. The molecule has 3 rings (SSSR count). The molecule has 27 heavy (non-hydrogen) atoms. The zero-order chi connectivity index (χ0) is 19.2. The number of nitrogens with zero attached hydrogens (tertiary/aromatic N) is 3. The van der Waals surface area contributed by atoms with Crippen molar-refractivity contribution in [2.24, 2.45) is 5.92 Å². The van der Waals surface area contributed by atoms with Gasteiger partial charge in [-0.15, -0.1) is 0 Å². The van der Waals surface area contributed by atoms with E-state index in [9.17, 15) is 4.79 Å². The van der Waals surface area contributed by atoms with Crippen molar-refractivity contribution in [3.8, 4) is 0 Å². The summed E-state index contributed by atoms with van der Waals surface area (Å²) < 4.78 is 2.33. The lowest BCUT2D eigenvalue weighted by atomic mass is 9.94. The first-order chi connectivity index (χ1) is 13.1. The van der Waals surface area contributed by atoms with Gasteiger partial charge in [0.1, 0.15) is 5.82 Å². The molecule has 1 fully saturated rings. The van der Waals surface area contributed by atoms with Crippen molar-refractivity contribution < 1.29 is 4.79 Å². The molecular weight excluding hydrogens is 336 g/mol. The van der Waals surface area contributed by atoms with Crippen molar-refractivity contribution in [3.05, 3.63) is 53.1 Å². The highest BCUT2D eigenvalue weighted by atomic mass is 16.2. The molecule has 0 aliphatic carbocycles. The molecule has 2 heterocycles. The minimum atomic E-state index is 0.0494. The van der Waals surface area contributed by atoms with E-state index in [0.717, 1.165) is 44.5 Å². The van der Waals surface area contributed by atoms with Gasteiger partial charge in [0.15, 0.2) is 0 Å². The summed E-state index contributed by atoms with van der Waals surface area (Å²) in [5.41, 5.74) is 3.61. The first-order valence-electron chi connectivity index (χ1n) is 10.2. The third-order valence-electron chi connectivity index (χ3n) is 5.43. The summed E-state index contributed by atoms with van der Waals surface area (Å²) in [6, 6.07) is 8.36. The van der Waals surface area contributed by atoms with Crippen molar-refractivity contribution in [2.75, 3.05) is 13.1 Å². The standard InChI is InChI=1S/C22H32N4O/c1-4-11-26-18(3)14-23-21(26)13-20-6-5-12-25(16-20)22(27)24-15-19-9-7-17(2)8-10-19/h7-10,14,20H,4-6,11-13,15-16H2,1-3H3,(H,24,27). The highest BCUT2D eigenvalue weighted by molar-refractivity contribution is 5.74. The third kappa shape index (κ3) is 5.12. The number of aromatic nitrogens is 2. The number of aryl methyl sites for hydroxylation is 2. The van der Waals surface area contributed by atoms with Crippen molar-refractivity contribution in [2.45, 2.75) is 59.5 Å². The van der Waals surface area contributed by atoms with Crippen LogP contribution in [0.15, 0.2) is 30.5 Å². The predicted molar refractivity (Wildman–Crippen MR) is 109 cm³/mol. The van der Waals surface area contributed by atoms with Crippen LogP contribution in [0, 0.1) is 19.8 Å². The van der Waals surface area contributed by atoms with Crippen molar-refractivity contribution in [1.29, 1.82) is 0 Å². The Balaban J connectivity index is 1.54. The van der Waals surface area contributed by atoms with E-state index in [-0.39, 0.29) is 6.03 Å². The number of hydrogen-bond donors (Lipinski definition) is 1. The average molecular weight is 369 g/mol. The summed E-state index contributed by atoms with van der Waals surface area (Å²) in [6.45, 7) is 9.66. The van der Waals surface area contributed by atoms with Crippen LogP contribution in [0.3, 0.4) is 0 Å². The number of hydrogen-bond acceptors (Lipinski definition) is 2. The second kappa shape index (κ2) is 9.07. The number of benzene rings is 1. The van der Waals surface area contributed by atoms with E-state index in [1.807, 2.05) is 11.1 Å². The molecule has 0 spiro atoms. The Labute approximate surface area is 162 Å². The summed E-state index contributed by atoms with van der Waals surface area (Å²) in [7, 11) is 0. The number of amides is 2. The highest BCUT2D eigenvalue weighted by Crippen LogP contribution is 2.21. The topological polar surface area (TPSA) is 50.2 Å². The van der Waals surface area contributed by atoms with E-state index in [4.69, 9.17) is 0 Å². The summed E-state index contributed by atoms with van der Waals surface area (Å²) in [5, 5.41) is 3.07. The van der Waals surface area contributed by atoms with E-state index < -0.39 is 0 Å². The van der Waals surface area contributed by atoms with E-state index >= 15 is 0 Å². The molecule has 5 nitrogen and oxygen atoms in total. The molecule has 1 unspecified atom stereocenters. The van der Waals surface area contributed by atoms with E-state index in [1.54, 1.807) is 0 Å². The lowest BCUT2D eigenvalue weighted by Gasteiger charge is -2.32. The van der Waals surface area contributed by atoms with Crippen molar-refractivity contribution >= 4 is 6.03 Å². The normalized spacial score (nSPS) is 17.1. The van der Waals surface area contributed by atoms with Gasteiger partial charge in [-0.2, -0.15) is 0 Å². The zero-order valence-electron chi connectivity index (χ0n) is 16.9. The summed E-state index contributed by atoms with van der Waals surface area (Å²) >= 11 is 0. The van der Waals surface area contributed by atoms with Crippen molar-refractivity contribution in [1.82, 2.24) is 19.8 Å². The van der Waals surface area contributed by atoms with Crippen LogP contribution in [0.1, 0.15) is 48.8 Å². The summed E-state index contributed by atoms with van der Waals surface area (Å²) in [4.78, 5) is 19.2. The molecule has 2 aromatic rings. The number of urea groups is 1. The lowest BCUT2D eigenvalue weighted by Crippen LogP contribution is -2.45. The average Bonchev–Trinajstić information content (AvgIpc) is 3.01. The molecule has 0 saturated carbocycles. The minimum Gasteiger partial charge on any atom is -0.334 e. The molecule has 0 bridgehead atoms. The SMILES string of the molecule is CCCn1c(C)cnc1CC1CCCN(C(=O)NCc2ccc(C)cc2)C1. The maximum absolute atomic E-state index is 12.6. The molecule has 1 N–H and O–H groups in total. The summed E-state index contributed by atoms with van der Waals surface area (Å²) in [5.74, 6) is 1.66. The van der Waals surface area contributed by atoms with Gasteiger partial charge in [0.2, 0.25) is 0 Å². The Morgan fingerprint density at radius 1 is 1.26 bits per heavy atom. The smallest absolute Gasteiger partial charge is 0.317 e. The van der Waals surface area contributed by atoms with Gasteiger partial charge in [0, 0.05) is 44.5 Å². The molecule has 1 aliphatic rings. The fourth-order valence-electron chi connectivity index (χ4n) is 3.87. The van der Waals surface area contributed by atoms with Crippen LogP contribution in [0.25, 0.3) is 0 Å². The van der Waals surface area contributed by atoms with Gasteiger partial charge >= 0.3 is 6.03 Å². The number of rotatable bonds is 6.